The van der Waals surface area contributed by atoms with Gasteiger partial charge >= 0.3 is 0 Å². The second-order valence-electron chi connectivity index (χ2n) is 6.39. The van der Waals surface area contributed by atoms with E-state index in [0.717, 1.165) is 19.0 Å². The third-order valence-corrected chi connectivity index (χ3v) is 5.66. The van der Waals surface area contributed by atoms with Gasteiger partial charge in [-0.2, -0.15) is 0 Å². The molecule has 1 aromatic heterocycles. The van der Waals surface area contributed by atoms with Crippen LogP contribution in [-0.2, 0) is 12.0 Å². The van der Waals surface area contributed by atoms with E-state index in [9.17, 15) is 0 Å². The number of piperidine rings is 1. The van der Waals surface area contributed by atoms with Crippen LogP contribution in [0.25, 0.3) is 0 Å². The average Bonchev–Trinajstić information content (AvgIpc) is 2.72. The number of hydrogen-bond donors (Lipinski definition) is 0. The lowest BCUT2D eigenvalue weighted by Gasteiger charge is -2.33. The molecule has 102 valence electrons. The smallest absolute Gasteiger partial charge is 0.107 e. The van der Waals surface area contributed by atoms with Crippen LogP contribution in [0.15, 0.2) is 5.38 Å². The lowest BCUT2D eigenvalue weighted by atomic mass is 9.93. The predicted octanol–water partition coefficient (Wildman–Crippen LogP) is 4.05. The van der Waals surface area contributed by atoms with Gasteiger partial charge in [0.05, 0.1) is 12.2 Å². The number of thiazole rings is 1. The first kappa shape index (κ1) is 14.5. The molecule has 0 aromatic carbocycles. The standard InChI is InChI=1S/C14H23BrN2S/c1-10-5-6-17(7-11(10)15)8-13-16-12(9-18-13)14(2,3)4/h9-11H,5-8H2,1-4H3. The first-order valence-electron chi connectivity index (χ1n) is 6.67. The van der Waals surface area contributed by atoms with E-state index in [1.165, 1.54) is 23.7 Å². The lowest BCUT2D eigenvalue weighted by Crippen LogP contribution is -2.39. The monoisotopic (exact) mass is 330 g/mol. The maximum atomic E-state index is 4.78. The van der Waals surface area contributed by atoms with E-state index in [0.29, 0.717) is 4.83 Å². The Morgan fingerprint density at radius 3 is 2.78 bits per heavy atom. The molecule has 2 rings (SSSR count). The third-order valence-electron chi connectivity index (χ3n) is 3.63. The summed E-state index contributed by atoms with van der Waals surface area (Å²) in [5.74, 6) is 0.794. The minimum atomic E-state index is 0.170. The van der Waals surface area contributed by atoms with Crippen LogP contribution >= 0.6 is 27.3 Å². The van der Waals surface area contributed by atoms with Crippen molar-refractivity contribution < 1.29 is 0 Å². The summed E-state index contributed by atoms with van der Waals surface area (Å²) in [5.41, 5.74) is 1.40. The fourth-order valence-electron chi connectivity index (χ4n) is 2.15. The molecule has 0 radical (unpaired) electrons. The summed E-state index contributed by atoms with van der Waals surface area (Å²) in [6.07, 6.45) is 1.29. The highest BCUT2D eigenvalue weighted by atomic mass is 79.9. The second-order valence-corrected chi connectivity index (χ2v) is 8.51. The molecule has 0 N–H and O–H groups in total. The summed E-state index contributed by atoms with van der Waals surface area (Å²) >= 11 is 5.59. The summed E-state index contributed by atoms with van der Waals surface area (Å²) in [6.45, 7) is 12.4. The van der Waals surface area contributed by atoms with E-state index in [4.69, 9.17) is 4.98 Å². The van der Waals surface area contributed by atoms with Gasteiger partial charge in [-0.3, -0.25) is 4.90 Å². The highest BCUT2D eigenvalue weighted by Crippen LogP contribution is 2.27. The van der Waals surface area contributed by atoms with Crippen molar-refractivity contribution in [3.8, 4) is 0 Å². The number of hydrogen-bond acceptors (Lipinski definition) is 3. The third kappa shape index (κ3) is 3.55. The summed E-state index contributed by atoms with van der Waals surface area (Å²) in [7, 11) is 0. The van der Waals surface area contributed by atoms with Gasteiger partial charge in [0.25, 0.3) is 0 Å². The van der Waals surface area contributed by atoms with Crippen molar-refractivity contribution in [1.29, 1.82) is 0 Å². The van der Waals surface area contributed by atoms with Gasteiger partial charge in [0.2, 0.25) is 0 Å². The van der Waals surface area contributed by atoms with E-state index >= 15 is 0 Å². The highest BCUT2D eigenvalue weighted by Gasteiger charge is 2.25. The van der Waals surface area contributed by atoms with Crippen LogP contribution in [0.3, 0.4) is 0 Å². The van der Waals surface area contributed by atoms with Gasteiger partial charge in [0.15, 0.2) is 0 Å². The van der Waals surface area contributed by atoms with Crippen LogP contribution in [-0.4, -0.2) is 27.8 Å². The molecule has 1 aliphatic heterocycles. The Kier molecular flexibility index (Phi) is 4.50. The van der Waals surface area contributed by atoms with Gasteiger partial charge < -0.3 is 0 Å². The molecular formula is C14H23BrN2S. The maximum absolute atomic E-state index is 4.78. The Hall–Kier alpha value is 0.0700. The van der Waals surface area contributed by atoms with Gasteiger partial charge in [-0.25, -0.2) is 4.98 Å². The van der Waals surface area contributed by atoms with Crippen LogP contribution < -0.4 is 0 Å². The zero-order valence-electron chi connectivity index (χ0n) is 11.7. The molecule has 4 heteroatoms. The Balaban J connectivity index is 1.96. The minimum Gasteiger partial charge on any atom is -0.296 e. The fraction of sp³-hybridized carbons (Fsp3) is 0.786. The van der Waals surface area contributed by atoms with Crippen LogP contribution in [0.2, 0.25) is 0 Å². The van der Waals surface area contributed by atoms with Gasteiger partial charge in [0.1, 0.15) is 5.01 Å². The van der Waals surface area contributed by atoms with Crippen molar-refractivity contribution in [3.05, 3.63) is 16.1 Å². The zero-order chi connectivity index (χ0) is 13.3. The number of likely N-dealkylation sites (tertiary alicyclic amines) is 1. The Morgan fingerprint density at radius 2 is 2.22 bits per heavy atom. The Bertz CT molecular complexity index is 397. The Labute approximate surface area is 123 Å². The Morgan fingerprint density at radius 1 is 1.50 bits per heavy atom. The van der Waals surface area contributed by atoms with Gasteiger partial charge in [-0.1, -0.05) is 43.6 Å². The molecule has 18 heavy (non-hydrogen) atoms. The summed E-state index contributed by atoms with van der Waals surface area (Å²) in [4.78, 5) is 7.93. The molecule has 0 saturated carbocycles. The molecule has 2 heterocycles. The molecule has 2 unspecified atom stereocenters. The van der Waals surface area contributed by atoms with Gasteiger partial charge in [-0.05, 0) is 18.9 Å². The lowest BCUT2D eigenvalue weighted by molar-refractivity contribution is 0.193. The van der Waals surface area contributed by atoms with Crippen LogP contribution in [0.1, 0.15) is 44.8 Å². The van der Waals surface area contributed by atoms with Crippen molar-refractivity contribution in [1.82, 2.24) is 9.88 Å². The van der Waals surface area contributed by atoms with Crippen LogP contribution in [0, 0.1) is 5.92 Å². The predicted molar refractivity (Wildman–Crippen MR) is 82.6 cm³/mol. The molecule has 0 amide bonds. The van der Waals surface area contributed by atoms with Gasteiger partial charge in [0, 0.05) is 22.2 Å². The topological polar surface area (TPSA) is 16.1 Å². The zero-order valence-corrected chi connectivity index (χ0v) is 14.1. The molecule has 1 aliphatic rings. The number of halogens is 1. The van der Waals surface area contributed by atoms with E-state index < -0.39 is 0 Å². The van der Waals surface area contributed by atoms with E-state index in [2.05, 4.69) is 53.9 Å². The molecular weight excluding hydrogens is 308 g/mol. The van der Waals surface area contributed by atoms with Crippen molar-refractivity contribution in [3.63, 3.8) is 0 Å². The molecule has 0 aliphatic carbocycles. The maximum Gasteiger partial charge on any atom is 0.107 e. The SMILES string of the molecule is CC1CCN(Cc2nc(C(C)(C)C)cs2)CC1Br. The normalized spacial score (nSPS) is 26.5. The van der Waals surface area contributed by atoms with E-state index in [1.807, 2.05) is 0 Å². The fourth-order valence-corrected chi connectivity index (χ4v) is 3.88. The van der Waals surface area contributed by atoms with E-state index in [1.54, 1.807) is 11.3 Å². The van der Waals surface area contributed by atoms with Gasteiger partial charge in [-0.15, -0.1) is 11.3 Å². The van der Waals surface area contributed by atoms with Crippen LogP contribution in [0.5, 0.6) is 0 Å². The van der Waals surface area contributed by atoms with Crippen molar-refractivity contribution in [2.45, 2.75) is 50.9 Å². The molecule has 2 nitrogen and oxygen atoms in total. The number of aromatic nitrogens is 1. The summed E-state index contributed by atoms with van der Waals surface area (Å²) in [5, 5.41) is 3.47. The van der Waals surface area contributed by atoms with Crippen molar-refractivity contribution >= 4 is 27.3 Å². The largest absolute Gasteiger partial charge is 0.296 e. The van der Waals surface area contributed by atoms with Crippen LogP contribution in [0.4, 0.5) is 0 Å². The van der Waals surface area contributed by atoms with E-state index in [-0.39, 0.29) is 5.41 Å². The molecule has 1 fully saturated rings. The average molecular weight is 331 g/mol. The molecule has 1 saturated heterocycles. The molecule has 0 spiro atoms. The quantitative estimate of drug-likeness (QED) is 0.760. The second kappa shape index (κ2) is 5.59. The molecule has 1 aromatic rings. The highest BCUT2D eigenvalue weighted by molar-refractivity contribution is 9.09. The first-order chi connectivity index (χ1) is 8.36. The van der Waals surface area contributed by atoms with Crippen molar-refractivity contribution in [2.75, 3.05) is 13.1 Å². The first-order valence-corrected chi connectivity index (χ1v) is 8.47. The summed E-state index contributed by atoms with van der Waals surface area (Å²) in [6, 6.07) is 0. The molecule has 2 atom stereocenters. The summed E-state index contributed by atoms with van der Waals surface area (Å²) < 4.78 is 0. The minimum absolute atomic E-state index is 0.170. The number of nitrogens with zero attached hydrogens (tertiary/aromatic N) is 2. The number of alkyl halides is 1. The molecule has 0 bridgehead atoms. The number of rotatable bonds is 2. The van der Waals surface area contributed by atoms with Crippen molar-refractivity contribution in [2.24, 2.45) is 5.92 Å².